The molecule has 0 saturated heterocycles. The van der Waals surface area contributed by atoms with Crippen LogP contribution in [-0.4, -0.2) is 37.3 Å². The highest BCUT2D eigenvalue weighted by molar-refractivity contribution is 5.72. The Hall–Kier alpha value is -2.30. The fraction of sp³-hybridized carbons (Fsp3) is 0.600. The molecule has 5 nitrogen and oxygen atoms in total. The zero-order valence-electron chi connectivity index (χ0n) is 19.5. The zero-order valence-corrected chi connectivity index (χ0v) is 19.5. The normalized spacial score (nSPS) is 13.4. The maximum atomic E-state index is 5.77. The Bertz CT molecular complexity index is 862. The van der Waals surface area contributed by atoms with Crippen LogP contribution in [0.15, 0.2) is 12.1 Å². The minimum absolute atomic E-state index is 0.648. The lowest BCUT2D eigenvalue weighted by Crippen LogP contribution is -2.27. The van der Waals surface area contributed by atoms with Crippen LogP contribution >= 0.6 is 0 Å². The van der Waals surface area contributed by atoms with Crippen molar-refractivity contribution in [1.82, 2.24) is 9.97 Å². The van der Waals surface area contributed by atoms with Gasteiger partial charge in [-0.2, -0.15) is 4.98 Å². The first-order chi connectivity index (χ1) is 14.5. The van der Waals surface area contributed by atoms with Crippen molar-refractivity contribution in [2.24, 2.45) is 5.92 Å². The van der Waals surface area contributed by atoms with E-state index in [-0.39, 0.29) is 0 Å². The van der Waals surface area contributed by atoms with Gasteiger partial charge in [0.25, 0.3) is 0 Å². The molecule has 1 fully saturated rings. The molecule has 0 bridgehead atoms. The molecule has 0 spiro atoms. The van der Waals surface area contributed by atoms with Crippen molar-refractivity contribution in [2.45, 2.75) is 66.2 Å². The van der Waals surface area contributed by atoms with E-state index in [2.05, 4.69) is 38.7 Å². The molecule has 0 radical (unpaired) electrons. The predicted octanol–water partition coefficient (Wildman–Crippen LogP) is 5.88. The quantitative estimate of drug-likeness (QED) is 0.432. The average Bonchev–Trinajstić information content (AvgIpc) is 3.53. The molecule has 0 amide bonds. The van der Waals surface area contributed by atoms with E-state index in [1.165, 1.54) is 32.1 Å². The van der Waals surface area contributed by atoms with E-state index in [1.54, 1.807) is 14.2 Å². The van der Waals surface area contributed by atoms with Crippen molar-refractivity contribution < 1.29 is 9.47 Å². The fourth-order valence-corrected chi connectivity index (χ4v) is 4.28. The van der Waals surface area contributed by atoms with Crippen molar-refractivity contribution in [1.29, 1.82) is 0 Å². The third-order valence-corrected chi connectivity index (χ3v) is 5.90. The maximum Gasteiger partial charge on any atom is 0.241 e. The van der Waals surface area contributed by atoms with Gasteiger partial charge >= 0.3 is 0 Å². The molecule has 164 valence electrons. The lowest BCUT2D eigenvalue weighted by Gasteiger charge is -2.27. The summed E-state index contributed by atoms with van der Waals surface area (Å²) >= 11 is 0. The second-order valence-corrected chi connectivity index (χ2v) is 8.58. The van der Waals surface area contributed by atoms with Gasteiger partial charge in [0.15, 0.2) is 5.82 Å². The lowest BCUT2D eigenvalue weighted by molar-refractivity contribution is 0.395. The lowest BCUT2D eigenvalue weighted by atomic mass is 10.0. The van der Waals surface area contributed by atoms with Crippen LogP contribution < -0.4 is 14.4 Å². The minimum Gasteiger partial charge on any atom is -0.496 e. The molecular formula is C25H37N3O2. The number of methoxy groups -OCH3 is 2. The molecule has 0 aliphatic heterocycles. The van der Waals surface area contributed by atoms with Crippen molar-refractivity contribution >= 4 is 5.69 Å². The maximum absolute atomic E-state index is 5.77. The smallest absolute Gasteiger partial charge is 0.241 e. The summed E-state index contributed by atoms with van der Waals surface area (Å²) in [5.74, 6) is 3.10. The van der Waals surface area contributed by atoms with E-state index >= 15 is 0 Å². The van der Waals surface area contributed by atoms with Gasteiger partial charge < -0.3 is 14.4 Å². The average molecular weight is 412 g/mol. The summed E-state index contributed by atoms with van der Waals surface area (Å²) in [6.07, 6.45) is 7.82. The summed E-state index contributed by atoms with van der Waals surface area (Å²) in [7, 11) is 3.40. The molecule has 1 aromatic carbocycles. The third-order valence-electron chi connectivity index (χ3n) is 5.90. The highest BCUT2D eigenvalue weighted by Crippen LogP contribution is 2.37. The number of benzene rings is 1. The van der Waals surface area contributed by atoms with Crippen LogP contribution in [0.1, 0.15) is 62.3 Å². The molecule has 30 heavy (non-hydrogen) atoms. The van der Waals surface area contributed by atoms with Gasteiger partial charge in [0, 0.05) is 13.1 Å². The van der Waals surface area contributed by atoms with Gasteiger partial charge in [-0.25, -0.2) is 4.98 Å². The molecule has 5 heteroatoms. The van der Waals surface area contributed by atoms with Crippen LogP contribution in [0.4, 0.5) is 5.69 Å². The summed E-state index contributed by atoms with van der Waals surface area (Å²) in [5, 5.41) is 0. The Labute approximate surface area is 181 Å². The molecule has 1 aliphatic rings. The van der Waals surface area contributed by atoms with Crippen LogP contribution in [0, 0.1) is 26.7 Å². The van der Waals surface area contributed by atoms with Crippen LogP contribution in [0.25, 0.3) is 11.4 Å². The number of aryl methyl sites for hydroxylation is 3. The first-order valence-electron chi connectivity index (χ1n) is 11.3. The molecule has 3 rings (SSSR count). The van der Waals surface area contributed by atoms with Crippen molar-refractivity contribution in [3.05, 3.63) is 29.0 Å². The topological polar surface area (TPSA) is 47.5 Å². The Morgan fingerprint density at radius 2 is 1.77 bits per heavy atom. The van der Waals surface area contributed by atoms with Crippen LogP contribution in [0.2, 0.25) is 0 Å². The number of unbranched alkanes of at least 4 members (excludes halogenated alkanes) is 1. The van der Waals surface area contributed by atoms with Crippen molar-refractivity contribution in [3.8, 4) is 23.0 Å². The summed E-state index contributed by atoms with van der Waals surface area (Å²) in [4.78, 5) is 12.2. The molecule has 1 saturated carbocycles. The molecule has 0 unspecified atom stereocenters. The first kappa shape index (κ1) is 22.4. The highest BCUT2D eigenvalue weighted by atomic mass is 16.5. The summed E-state index contributed by atoms with van der Waals surface area (Å²) in [6.45, 7) is 10.4. The van der Waals surface area contributed by atoms with Gasteiger partial charge in [0.2, 0.25) is 5.88 Å². The van der Waals surface area contributed by atoms with Crippen LogP contribution in [0.5, 0.6) is 11.6 Å². The van der Waals surface area contributed by atoms with E-state index in [4.69, 9.17) is 19.4 Å². The molecule has 1 aliphatic carbocycles. The van der Waals surface area contributed by atoms with Crippen molar-refractivity contribution in [2.75, 3.05) is 32.2 Å². The monoisotopic (exact) mass is 411 g/mol. The number of aromatic nitrogens is 2. The molecular weight excluding hydrogens is 374 g/mol. The standard InChI is InChI=1S/C25H37N3O2/c1-7-13-28(14-9-8-10-20-11-12-20)23-19(4)26-24(27-25(23)30-6)22-18(3)15-17(2)16-21(22)29-5/h15-16,20H,7-14H2,1-6H3. The Morgan fingerprint density at radius 3 is 2.40 bits per heavy atom. The zero-order chi connectivity index (χ0) is 21.7. The molecule has 1 heterocycles. The Morgan fingerprint density at radius 1 is 1.00 bits per heavy atom. The number of ether oxygens (including phenoxy) is 2. The summed E-state index contributed by atoms with van der Waals surface area (Å²) < 4.78 is 11.4. The van der Waals surface area contributed by atoms with Gasteiger partial charge in [-0.3, -0.25) is 0 Å². The molecule has 2 aromatic rings. The van der Waals surface area contributed by atoms with Crippen molar-refractivity contribution in [3.63, 3.8) is 0 Å². The fourth-order valence-electron chi connectivity index (χ4n) is 4.28. The molecule has 0 atom stereocenters. The van der Waals surface area contributed by atoms with Gasteiger partial charge in [0.05, 0.1) is 25.5 Å². The summed E-state index contributed by atoms with van der Waals surface area (Å²) in [6, 6.07) is 4.17. The predicted molar refractivity (Wildman–Crippen MR) is 124 cm³/mol. The largest absolute Gasteiger partial charge is 0.496 e. The van der Waals surface area contributed by atoms with Gasteiger partial charge in [-0.1, -0.05) is 38.7 Å². The number of anilines is 1. The third kappa shape index (κ3) is 5.24. The number of hydrogen-bond donors (Lipinski definition) is 0. The van der Waals surface area contributed by atoms with E-state index in [1.807, 2.05) is 6.07 Å². The highest BCUT2D eigenvalue weighted by Gasteiger charge is 2.23. The van der Waals surface area contributed by atoms with Crippen LogP contribution in [-0.2, 0) is 0 Å². The first-order valence-corrected chi connectivity index (χ1v) is 11.3. The van der Waals surface area contributed by atoms with Crippen LogP contribution in [0.3, 0.4) is 0 Å². The number of hydrogen-bond acceptors (Lipinski definition) is 5. The molecule has 0 N–H and O–H groups in total. The Balaban J connectivity index is 1.92. The molecule has 1 aromatic heterocycles. The van der Waals surface area contributed by atoms with E-state index < -0.39 is 0 Å². The van der Waals surface area contributed by atoms with E-state index in [0.29, 0.717) is 11.7 Å². The van der Waals surface area contributed by atoms with E-state index in [0.717, 1.165) is 59.2 Å². The Kier molecular flexibility index (Phi) is 7.57. The van der Waals surface area contributed by atoms with E-state index in [9.17, 15) is 0 Å². The number of nitrogens with zero attached hydrogens (tertiary/aromatic N) is 3. The SMILES string of the molecule is CCCN(CCCCC1CC1)c1c(C)nc(-c2c(C)cc(C)cc2OC)nc1OC. The minimum atomic E-state index is 0.648. The van der Waals surface area contributed by atoms with Gasteiger partial charge in [-0.15, -0.1) is 0 Å². The van der Waals surface area contributed by atoms with Gasteiger partial charge in [-0.05, 0) is 56.7 Å². The second-order valence-electron chi connectivity index (χ2n) is 8.58. The summed E-state index contributed by atoms with van der Waals surface area (Å²) in [5.41, 5.74) is 5.18. The second kappa shape index (κ2) is 10.1. The number of rotatable bonds is 11. The van der Waals surface area contributed by atoms with Gasteiger partial charge in [0.1, 0.15) is 11.4 Å².